The van der Waals surface area contributed by atoms with Crippen molar-refractivity contribution in [1.82, 2.24) is 35.0 Å². The Labute approximate surface area is 219 Å². The number of Topliss-reactive ketones (excluding diaryl/α,β-unsaturated/α-hetero) is 1. The molecule has 3 aromatic heterocycles. The fourth-order valence-corrected chi connectivity index (χ4v) is 4.15. The number of hydrogen-bond acceptors (Lipinski definition) is 11. The summed E-state index contributed by atoms with van der Waals surface area (Å²) >= 11 is 0. The quantitative estimate of drug-likeness (QED) is 0.267. The molecule has 196 valence electrons. The van der Waals surface area contributed by atoms with Crippen LogP contribution >= 0.6 is 0 Å². The van der Waals surface area contributed by atoms with Crippen molar-refractivity contribution in [2.75, 3.05) is 30.8 Å². The lowest BCUT2D eigenvalue weighted by atomic mass is 10.1. The smallest absolute Gasteiger partial charge is 0.232 e. The second kappa shape index (κ2) is 11.2. The number of rotatable bonds is 10. The van der Waals surface area contributed by atoms with Crippen LogP contribution in [0.15, 0.2) is 49.2 Å². The molecule has 1 aliphatic rings. The van der Waals surface area contributed by atoms with Crippen LogP contribution in [-0.2, 0) is 7.05 Å². The zero-order valence-corrected chi connectivity index (χ0v) is 21.4. The van der Waals surface area contributed by atoms with E-state index in [9.17, 15) is 4.79 Å². The molecule has 0 amide bonds. The Balaban J connectivity index is 1.41. The van der Waals surface area contributed by atoms with E-state index in [1.807, 2.05) is 25.1 Å². The lowest BCUT2D eigenvalue weighted by Crippen LogP contribution is -2.20. The number of aryl methyl sites for hydroxylation is 1. The molecule has 0 bridgehead atoms. The van der Waals surface area contributed by atoms with E-state index >= 15 is 0 Å². The minimum atomic E-state index is -0.0456. The highest BCUT2D eigenvalue weighted by atomic mass is 16.5. The van der Waals surface area contributed by atoms with Crippen molar-refractivity contribution in [2.45, 2.75) is 25.9 Å². The van der Waals surface area contributed by atoms with Crippen LogP contribution in [-0.4, -0.2) is 61.8 Å². The van der Waals surface area contributed by atoms with Crippen LogP contribution in [0.1, 0.15) is 30.1 Å². The first-order chi connectivity index (χ1) is 18.5. The van der Waals surface area contributed by atoms with E-state index in [0.717, 1.165) is 25.1 Å². The standard InChI is InChI=1S/C26H29N9O3/c1-4-21(36)18-12-28-22(33-23-13-30-24(14-29-23)38-16-8-9-27-11-16)10-20(18)32-19-7-5-6-17(25(19)37-3)26-31-15-35(2)34-26/h5-7,10,12-16,27H,4,8-9,11H2,1-3H3,(H2,28,29,32,33)/t16-/m1/s1. The van der Waals surface area contributed by atoms with Gasteiger partial charge in [-0.1, -0.05) is 13.0 Å². The molecule has 38 heavy (non-hydrogen) atoms. The predicted octanol–water partition coefficient (Wildman–Crippen LogP) is 3.50. The Morgan fingerprint density at radius 1 is 1.11 bits per heavy atom. The zero-order valence-electron chi connectivity index (χ0n) is 21.4. The van der Waals surface area contributed by atoms with Crippen LogP contribution in [0.3, 0.4) is 0 Å². The highest BCUT2D eigenvalue weighted by Crippen LogP contribution is 2.37. The molecule has 1 aromatic carbocycles. The van der Waals surface area contributed by atoms with Gasteiger partial charge in [0.1, 0.15) is 24.1 Å². The van der Waals surface area contributed by atoms with Crippen LogP contribution < -0.4 is 25.4 Å². The van der Waals surface area contributed by atoms with Crippen molar-refractivity contribution >= 4 is 28.8 Å². The molecule has 1 atom stereocenters. The second-order valence-corrected chi connectivity index (χ2v) is 8.74. The summed E-state index contributed by atoms with van der Waals surface area (Å²) in [5.41, 5.74) is 2.41. The topological polar surface area (TPSA) is 141 Å². The molecule has 1 aliphatic heterocycles. The minimum absolute atomic E-state index is 0.0456. The van der Waals surface area contributed by atoms with Gasteiger partial charge in [0.2, 0.25) is 5.88 Å². The Hall–Kier alpha value is -4.58. The average Bonchev–Trinajstić information content (AvgIpc) is 3.61. The number of ether oxygens (including phenoxy) is 2. The normalized spacial score (nSPS) is 14.8. The number of hydrogen-bond donors (Lipinski definition) is 3. The van der Waals surface area contributed by atoms with E-state index in [1.165, 1.54) is 0 Å². The van der Waals surface area contributed by atoms with E-state index < -0.39 is 0 Å². The zero-order chi connectivity index (χ0) is 26.5. The van der Waals surface area contributed by atoms with Gasteiger partial charge in [-0.05, 0) is 25.1 Å². The molecule has 0 saturated carbocycles. The van der Waals surface area contributed by atoms with Gasteiger partial charge in [0.15, 0.2) is 17.4 Å². The summed E-state index contributed by atoms with van der Waals surface area (Å²) in [5, 5.41) is 14.1. The summed E-state index contributed by atoms with van der Waals surface area (Å²) in [6.07, 6.45) is 7.72. The number of pyridine rings is 1. The van der Waals surface area contributed by atoms with E-state index in [1.54, 1.807) is 49.8 Å². The number of ketones is 1. The van der Waals surface area contributed by atoms with Crippen molar-refractivity contribution in [3.8, 4) is 23.0 Å². The summed E-state index contributed by atoms with van der Waals surface area (Å²) in [6.45, 7) is 3.55. The van der Waals surface area contributed by atoms with Crippen molar-refractivity contribution in [2.24, 2.45) is 7.05 Å². The lowest BCUT2D eigenvalue weighted by molar-refractivity contribution is 0.0988. The van der Waals surface area contributed by atoms with Crippen LogP contribution in [0.25, 0.3) is 11.4 Å². The first-order valence-corrected chi connectivity index (χ1v) is 12.3. The molecule has 0 unspecified atom stereocenters. The Bertz CT molecular complexity index is 1420. The number of para-hydroxylation sites is 1. The third-order valence-corrected chi connectivity index (χ3v) is 6.04. The van der Waals surface area contributed by atoms with Gasteiger partial charge in [0.25, 0.3) is 0 Å². The molecule has 0 spiro atoms. The summed E-state index contributed by atoms with van der Waals surface area (Å²) in [6, 6.07) is 7.37. The van der Waals surface area contributed by atoms with Gasteiger partial charge in [-0.25, -0.2) is 19.9 Å². The Kier molecular flexibility index (Phi) is 7.40. The largest absolute Gasteiger partial charge is 0.494 e. The molecule has 1 saturated heterocycles. The van der Waals surface area contributed by atoms with E-state index in [4.69, 9.17) is 9.47 Å². The highest BCUT2D eigenvalue weighted by Gasteiger charge is 2.19. The number of methoxy groups -OCH3 is 1. The van der Waals surface area contributed by atoms with Gasteiger partial charge < -0.3 is 25.4 Å². The van der Waals surface area contributed by atoms with Gasteiger partial charge in [-0.15, -0.1) is 0 Å². The van der Waals surface area contributed by atoms with E-state index in [2.05, 4.69) is 41.0 Å². The number of aromatic nitrogens is 6. The maximum Gasteiger partial charge on any atom is 0.232 e. The van der Waals surface area contributed by atoms with Gasteiger partial charge in [0, 0.05) is 32.3 Å². The summed E-state index contributed by atoms with van der Waals surface area (Å²) in [5.74, 6) is 2.50. The predicted molar refractivity (Wildman–Crippen MR) is 142 cm³/mol. The summed E-state index contributed by atoms with van der Waals surface area (Å²) < 4.78 is 13.2. The molecule has 12 nitrogen and oxygen atoms in total. The third-order valence-electron chi connectivity index (χ3n) is 6.04. The Morgan fingerprint density at radius 3 is 2.66 bits per heavy atom. The number of benzene rings is 1. The summed E-state index contributed by atoms with van der Waals surface area (Å²) in [7, 11) is 3.39. The molecule has 4 aromatic rings. The van der Waals surface area contributed by atoms with Crippen molar-refractivity contribution in [1.29, 1.82) is 0 Å². The maximum absolute atomic E-state index is 12.7. The Morgan fingerprint density at radius 2 is 1.97 bits per heavy atom. The molecular weight excluding hydrogens is 486 g/mol. The first-order valence-electron chi connectivity index (χ1n) is 12.3. The maximum atomic E-state index is 12.7. The average molecular weight is 516 g/mol. The monoisotopic (exact) mass is 515 g/mol. The lowest BCUT2D eigenvalue weighted by Gasteiger charge is -2.17. The first kappa shape index (κ1) is 25.1. The van der Waals surface area contributed by atoms with Gasteiger partial charge >= 0.3 is 0 Å². The number of nitrogens with zero attached hydrogens (tertiary/aromatic N) is 6. The number of carbonyl (C=O) groups is 1. The van der Waals surface area contributed by atoms with Crippen LogP contribution in [0.2, 0.25) is 0 Å². The number of nitrogens with one attached hydrogen (secondary N) is 3. The summed E-state index contributed by atoms with van der Waals surface area (Å²) in [4.78, 5) is 30.2. The molecule has 3 N–H and O–H groups in total. The fourth-order valence-electron chi connectivity index (χ4n) is 4.15. The molecule has 12 heteroatoms. The number of anilines is 4. The van der Waals surface area contributed by atoms with Crippen molar-refractivity contribution in [3.05, 3.63) is 54.7 Å². The number of carbonyl (C=O) groups excluding carboxylic acids is 1. The van der Waals surface area contributed by atoms with Crippen LogP contribution in [0.4, 0.5) is 23.0 Å². The van der Waals surface area contributed by atoms with Crippen molar-refractivity contribution < 1.29 is 14.3 Å². The van der Waals surface area contributed by atoms with E-state index in [-0.39, 0.29) is 11.9 Å². The molecule has 5 rings (SSSR count). The third kappa shape index (κ3) is 5.54. The molecule has 0 radical (unpaired) electrons. The SMILES string of the molecule is CCC(=O)c1cnc(Nc2cnc(O[C@@H]3CCNC3)cn2)cc1Nc1cccc(-c2ncn(C)n2)c1OC. The molecule has 4 heterocycles. The fraction of sp³-hybridized carbons (Fsp3) is 0.308. The van der Waals surface area contributed by atoms with Crippen molar-refractivity contribution in [3.63, 3.8) is 0 Å². The van der Waals surface area contributed by atoms with Gasteiger partial charge in [-0.2, -0.15) is 5.10 Å². The minimum Gasteiger partial charge on any atom is -0.494 e. The second-order valence-electron chi connectivity index (χ2n) is 8.74. The van der Waals surface area contributed by atoms with Crippen LogP contribution in [0, 0.1) is 0 Å². The highest BCUT2D eigenvalue weighted by molar-refractivity contribution is 6.02. The van der Waals surface area contributed by atoms with Crippen LogP contribution in [0.5, 0.6) is 11.6 Å². The van der Waals surface area contributed by atoms with Gasteiger partial charge in [0.05, 0.1) is 42.0 Å². The van der Waals surface area contributed by atoms with E-state index in [0.29, 0.717) is 52.4 Å². The molecular formula is C26H29N9O3. The van der Waals surface area contributed by atoms with Gasteiger partial charge in [-0.3, -0.25) is 9.48 Å². The molecule has 0 aliphatic carbocycles. The molecule has 1 fully saturated rings.